The van der Waals surface area contributed by atoms with Crippen LogP contribution >= 0.6 is 0 Å². The molecule has 0 saturated carbocycles. The number of anilines is 2. The van der Waals surface area contributed by atoms with E-state index < -0.39 is 10.1 Å². The number of hydrogen-bond donors (Lipinski definition) is 3. The van der Waals surface area contributed by atoms with Gasteiger partial charge in [-0.15, -0.1) is 0 Å². The van der Waals surface area contributed by atoms with Crippen molar-refractivity contribution in [2.75, 3.05) is 11.5 Å². The molecule has 0 bridgehead atoms. The van der Waals surface area contributed by atoms with Crippen LogP contribution in [0.25, 0.3) is 0 Å². The molecule has 0 aliphatic rings. The molecule has 1 aromatic heterocycles. The van der Waals surface area contributed by atoms with E-state index >= 15 is 0 Å². The van der Waals surface area contributed by atoms with Gasteiger partial charge in [0.15, 0.2) is 0 Å². The summed E-state index contributed by atoms with van der Waals surface area (Å²) in [5.41, 5.74) is 14.7. The van der Waals surface area contributed by atoms with Gasteiger partial charge in [0, 0.05) is 23.8 Å². The van der Waals surface area contributed by atoms with Crippen LogP contribution in [0.5, 0.6) is 0 Å². The summed E-state index contributed by atoms with van der Waals surface area (Å²) in [6.07, 6.45) is 4.56. The van der Waals surface area contributed by atoms with E-state index in [0.717, 1.165) is 12.1 Å². The van der Waals surface area contributed by atoms with Crippen molar-refractivity contribution in [1.29, 1.82) is 0 Å². The maximum absolute atomic E-state index is 10.5. The summed E-state index contributed by atoms with van der Waals surface area (Å²) in [7, 11) is -4.08. The van der Waals surface area contributed by atoms with Gasteiger partial charge >= 0.3 is 0 Å². The zero-order valence-electron chi connectivity index (χ0n) is 13.4. The summed E-state index contributed by atoms with van der Waals surface area (Å²) in [5.74, 6) is 0. The molecule has 0 saturated heterocycles. The molecule has 3 rings (SSSR count). The van der Waals surface area contributed by atoms with Crippen LogP contribution in [0.4, 0.5) is 11.4 Å². The van der Waals surface area contributed by atoms with E-state index in [0.29, 0.717) is 5.69 Å². The molecule has 0 atom stereocenters. The molecule has 7 heteroatoms. The van der Waals surface area contributed by atoms with Gasteiger partial charge in [0.1, 0.15) is 0 Å². The lowest BCUT2D eigenvalue weighted by Crippen LogP contribution is -1.97. The molecule has 0 spiro atoms. The Balaban J connectivity index is 0.000000186. The second-order valence-corrected chi connectivity index (χ2v) is 6.74. The average molecular weight is 357 g/mol. The van der Waals surface area contributed by atoms with Crippen LogP contribution < -0.4 is 11.5 Å². The lowest BCUT2D eigenvalue weighted by molar-refractivity contribution is 0.483. The standard InChI is InChI=1S/C12H12N2.C6H7NO3S/c13-12-3-1-10(2-4-12)9-11-5-7-14-8-6-11;7-5-1-3-6(4-2-5)11(8,9)10/h1-8H,9,13H2;1-4H,7H2,(H,8,9,10). The van der Waals surface area contributed by atoms with E-state index in [1.54, 1.807) is 0 Å². The Bertz CT molecular complexity index is 895. The third kappa shape index (κ3) is 6.25. The second kappa shape index (κ2) is 8.27. The van der Waals surface area contributed by atoms with E-state index in [1.165, 1.54) is 35.4 Å². The number of benzene rings is 2. The number of rotatable bonds is 3. The Kier molecular flexibility index (Phi) is 6.10. The molecule has 130 valence electrons. The van der Waals surface area contributed by atoms with Crippen LogP contribution in [-0.4, -0.2) is 18.0 Å². The molecule has 6 nitrogen and oxygen atoms in total. The van der Waals surface area contributed by atoms with Crippen LogP contribution in [0, 0.1) is 0 Å². The fourth-order valence-electron chi connectivity index (χ4n) is 2.01. The van der Waals surface area contributed by atoms with E-state index in [4.69, 9.17) is 16.0 Å². The van der Waals surface area contributed by atoms with Crippen molar-refractivity contribution in [3.05, 3.63) is 84.2 Å². The Hall–Kier alpha value is -2.90. The van der Waals surface area contributed by atoms with Crippen LogP contribution in [0.3, 0.4) is 0 Å². The fraction of sp³-hybridized carbons (Fsp3) is 0.0556. The first-order chi connectivity index (χ1) is 11.8. The summed E-state index contributed by atoms with van der Waals surface area (Å²) < 4.78 is 29.4. The van der Waals surface area contributed by atoms with Crippen molar-refractivity contribution in [1.82, 2.24) is 4.98 Å². The molecule has 2 aromatic carbocycles. The van der Waals surface area contributed by atoms with Gasteiger partial charge in [-0.05, 0) is 66.1 Å². The first-order valence-electron chi connectivity index (χ1n) is 7.41. The third-order valence-corrected chi connectivity index (χ3v) is 4.18. The molecule has 1 heterocycles. The fourth-order valence-corrected chi connectivity index (χ4v) is 2.49. The van der Waals surface area contributed by atoms with E-state index in [1.807, 2.05) is 36.7 Å². The van der Waals surface area contributed by atoms with E-state index in [-0.39, 0.29) is 4.90 Å². The van der Waals surface area contributed by atoms with Crippen molar-refractivity contribution in [3.8, 4) is 0 Å². The Morgan fingerprint density at radius 1 is 0.760 bits per heavy atom. The predicted octanol–water partition coefficient (Wildman–Crippen LogP) is 2.77. The van der Waals surface area contributed by atoms with E-state index in [9.17, 15) is 8.42 Å². The number of pyridine rings is 1. The molecule has 0 fully saturated rings. The van der Waals surface area contributed by atoms with Gasteiger partial charge in [-0.3, -0.25) is 9.54 Å². The summed E-state index contributed by atoms with van der Waals surface area (Å²) in [6, 6.07) is 17.3. The average Bonchev–Trinajstić information content (AvgIpc) is 2.58. The lowest BCUT2D eigenvalue weighted by Gasteiger charge is -2.01. The van der Waals surface area contributed by atoms with Gasteiger partial charge in [-0.25, -0.2) is 0 Å². The van der Waals surface area contributed by atoms with Crippen LogP contribution in [0.1, 0.15) is 11.1 Å². The Morgan fingerprint density at radius 3 is 1.68 bits per heavy atom. The molecule has 5 N–H and O–H groups in total. The van der Waals surface area contributed by atoms with Crippen LogP contribution in [0.2, 0.25) is 0 Å². The highest BCUT2D eigenvalue weighted by Crippen LogP contribution is 2.11. The summed E-state index contributed by atoms with van der Waals surface area (Å²) in [4.78, 5) is 3.83. The molecule has 0 unspecified atom stereocenters. The number of hydrogen-bond acceptors (Lipinski definition) is 5. The summed E-state index contributed by atoms with van der Waals surface area (Å²) in [6.45, 7) is 0. The molecule has 0 amide bonds. The van der Waals surface area contributed by atoms with Crippen LogP contribution in [0.15, 0.2) is 78.0 Å². The minimum absolute atomic E-state index is 0.147. The Morgan fingerprint density at radius 2 is 1.20 bits per heavy atom. The number of nitrogens with zero attached hydrogens (tertiary/aromatic N) is 1. The van der Waals surface area contributed by atoms with Gasteiger partial charge in [0.2, 0.25) is 0 Å². The highest BCUT2D eigenvalue weighted by Gasteiger charge is 2.06. The van der Waals surface area contributed by atoms with Crippen LogP contribution in [-0.2, 0) is 16.5 Å². The lowest BCUT2D eigenvalue weighted by atomic mass is 10.1. The van der Waals surface area contributed by atoms with Gasteiger partial charge in [-0.2, -0.15) is 8.42 Å². The molecule has 0 aliphatic carbocycles. The van der Waals surface area contributed by atoms with Gasteiger partial charge in [0.05, 0.1) is 4.90 Å². The SMILES string of the molecule is Nc1ccc(Cc2ccncc2)cc1.Nc1ccc(S(=O)(=O)O)cc1. The largest absolute Gasteiger partial charge is 0.399 e. The topological polar surface area (TPSA) is 119 Å². The van der Waals surface area contributed by atoms with Crippen molar-refractivity contribution < 1.29 is 13.0 Å². The summed E-state index contributed by atoms with van der Waals surface area (Å²) in [5, 5.41) is 0. The van der Waals surface area contributed by atoms with Gasteiger partial charge in [-0.1, -0.05) is 12.1 Å². The maximum Gasteiger partial charge on any atom is 0.294 e. The second-order valence-electron chi connectivity index (χ2n) is 5.32. The van der Waals surface area contributed by atoms with E-state index in [2.05, 4.69) is 17.1 Å². The molecule has 0 radical (unpaired) electrons. The molecule has 0 aliphatic heterocycles. The molecular weight excluding hydrogens is 338 g/mol. The van der Waals surface area contributed by atoms with Crippen molar-refractivity contribution >= 4 is 21.5 Å². The first-order valence-corrected chi connectivity index (χ1v) is 8.85. The van der Waals surface area contributed by atoms with Crippen molar-refractivity contribution in [3.63, 3.8) is 0 Å². The number of nitrogens with two attached hydrogens (primary N) is 2. The quantitative estimate of drug-likeness (QED) is 0.490. The minimum Gasteiger partial charge on any atom is -0.399 e. The zero-order valence-corrected chi connectivity index (χ0v) is 14.2. The highest BCUT2D eigenvalue weighted by atomic mass is 32.2. The maximum atomic E-state index is 10.5. The zero-order chi connectivity index (χ0) is 18.3. The molecular formula is C18H19N3O3S. The molecule has 25 heavy (non-hydrogen) atoms. The number of aromatic nitrogens is 1. The van der Waals surface area contributed by atoms with Crippen molar-refractivity contribution in [2.24, 2.45) is 0 Å². The highest BCUT2D eigenvalue weighted by molar-refractivity contribution is 7.85. The first kappa shape index (κ1) is 18.4. The normalized spacial score (nSPS) is 10.6. The molecule has 3 aromatic rings. The Labute approximate surface area is 146 Å². The van der Waals surface area contributed by atoms with Crippen molar-refractivity contribution in [2.45, 2.75) is 11.3 Å². The van der Waals surface area contributed by atoms with Gasteiger partial charge in [0.25, 0.3) is 10.1 Å². The van der Waals surface area contributed by atoms with Gasteiger partial charge < -0.3 is 11.5 Å². The third-order valence-electron chi connectivity index (χ3n) is 3.32. The summed E-state index contributed by atoms with van der Waals surface area (Å²) >= 11 is 0. The predicted molar refractivity (Wildman–Crippen MR) is 98.6 cm³/mol. The minimum atomic E-state index is -4.08. The number of nitrogen functional groups attached to an aromatic ring is 2. The monoisotopic (exact) mass is 357 g/mol. The smallest absolute Gasteiger partial charge is 0.294 e.